The van der Waals surface area contributed by atoms with Gasteiger partial charge in [0.15, 0.2) is 6.61 Å². The molecule has 1 aromatic heterocycles. The van der Waals surface area contributed by atoms with Crippen molar-refractivity contribution < 1.29 is 42.1 Å². The summed E-state index contributed by atoms with van der Waals surface area (Å²) in [5.74, 6) is -1.82. The number of aromatic carboxylic acids is 1. The number of amides is 1. The zero-order valence-electron chi connectivity index (χ0n) is 22.3. The Kier molecular flexibility index (Phi) is 10.4. The first-order chi connectivity index (χ1) is 19.3. The SMILES string of the molecule is COc1cn(C(CCOC(C)C)C(=O)Nc2ccc(C(=O)O)cc2)c(=O)cc1-c1cc(Cl)ccc1OCC(F)(F)F. The fourth-order valence-electron chi connectivity index (χ4n) is 3.88. The number of pyridine rings is 1. The van der Waals surface area contributed by atoms with Crippen LogP contribution in [0.25, 0.3) is 11.1 Å². The molecule has 1 unspecified atom stereocenters. The third kappa shape index (κ3) is 8.73. The summed E-state index contributed by atoms with van der Waals surface area (Å²) in [6, 6.07) is 9.45. The fourth-order valence-corrected chi connectivity index (χ4v) is 4.05. The molecule has 41 heavy (non-hydrogen) atoms. The van der Waals surface area contributed by atoms with Gasteiger partial charge < -0.3 is 24.6 Å². The molecule has 0 aliphatic carbocycles. The minimum Gasteiger partial charge on any atom is -0.495 e. The molecule has 9 nitrogen and oxygen atoms in total. The molecule has 1 amide bonds. The van der Waals surface area contributed by atoms with E-state index in [0.717, 1.165) is 10.6 Å². The lowest BCUT2D eigenvalue weighted by molar-refractivity contribution is -0.153. The number of carboxylic acids is 1. The van der Waals surface area contributed by atoms with Gasteiger partial charge in [0.25, 0.3) is 5.56 Å². The van der Waals surface area contributed by atoms with Crippen molar-refractivity contribution in [2.24, 2.45) is 0 Å². The van der Waals surface area contributed by atoms with Gasteiger partial charge in [0, 0.05) is 40.9 Å². The second-order valence-electron chi connectivity index (χ2n) is 9.14. The Labute approximate surface area is 238 Å². The summed E-state index contributed by atoms with van der Waals surface area (Å²) in [6.45, 7) is 2.18. The van der Waals surface area contributed by atoms with Gasteiger partial charge in [-0.2, -0.15) is 13.2 Å². The van der Waals surface area contributed by atoms with Gasteiger partial charge in [-0.15, -0.1) is 0 Å². The maximum Gasteiger partial charge on any atom is 0.422 e. The molecule has 3 rings (SSSR count). The molecule has 0 bridgehead atoms. The zero-order chi connectivity index (χ0) is 30.3. The van der Waals surface area contributed by atoms with Crippen LogP contribution in [0.15, 0.2) is 59.5 Å². The predicted octanol–water partition coefficient (Wildman–Crippen LogP) is 5.81. The summed E-state index contributed by atoms with van der Waals surface area (Å²) in [7, 11) is 1.30. The zero-order valence-corrected chi connectivity index (χ0v) is 23.1. The highest BCUT2D eigenvalue weighted by Gasteiger charge is 2.30. The molecule has 0 aliphatic heterocycles. The number of benzene rings is 2. The Morgan fingerprint density at radius 1 is 1.05 bits per heavy atom. The van der Waals surface area contributed by atoms with Crippen LogP contribution < -0.4 is 20.3 Å². The number of hydrogen-bond donors (Lipinski definition) is 2. The summed E-state index contributed by atoms with van der Waals surface area (Å²) in [4.78, 5) is 37.9. The van der Waals surface area contributed by atoms with Gasteiger partial charge in [-0.25, -0.2) is 4.79 Å². The lowest BCUT2D eigenvalue weighted by Gasteiger charge is -2.22. The highest BCUT2D eigenvalue weighted by Crippen LogP contribution is 2.38. The van der Waals surface area contributed by atoms with Crippen LogP contribution in [-0.4, -0.2) is 54.2 Å². The number of ether oxygens (including phenoxy) is 3. The number of anilines is 1. The highest BCUT2D eigenvalue weighted by atomic mass is 35.5. The molecule has 13 heteroatoms. The molecule has 3 aromatic rings. The van der Waals surface area contributed by atoms with Crippen molar-refractivity contribution in [3.05, 3.63) is 75.7 Å². The van der Waals surface area contributed by atoms with E-state index in [4.69, 9.17) is 30.9 Å². The third-order valence-corrected chi connectivity index (χ3v) is 6.00. The number of rotatable bonds is 12. The number of nitrogens with one attached hydrogen (secondary N) is 1. The molecule has 220 valence electrons. The fraction of sp³-hybridized carbons (Fsp3) is 0.321. The molecule has 1 atom stereocenters. The average molecular weight is 597 g/mol. The van der Waals surface area contributed by atoms with Crippen LogP contribution in [-0.2, 0) is 9.53 Å². The van der Waals surface area contributed by atoms with Gasteiger partial charge in [0.1, 0.15) is 17.5 Å². The molecular formula is C28H28ClF3N2O7. The minimum atomic E-state index is -4.60. The number of aromatic nitrogens is 1. The number of carbonyl (C=O) groups is 2. The highest BCUT2D eigenvalue weighted by molar-refractivity contribution is 6.31. The number of nitrogens with zero attached hydrogens (tertiary/aromatic N) is 1. The van der Waals surface area contributed by atoms with Crippen molar-refractivity contribution in [3.8, 4) is 22.6 Å². The molecule has 2 aromatic carbocycles. The summed E-state index contributed by atoms with van der Waals surface area (Å²) in [5.41, 5.74) is -0.132. The number of carbonyl (C=O) groups excluding carboxylic acids is 1. The maximum absolute atomic E-state index is 13.4. The average Bonchev–Trinajstić information content (AvgIpc) is 2.90. The minimum absolute atomic E-state index is 0.0287. The van der Waals surface area contributed by atoms with Crippen molar-refractivity contribution >= 4 is 29.2 Å². The number of alkyl halides is 3. The molecule has 0 radical (unpaired) electrons. The molecule has 0 saturated carbocycles. The summed E-state index contributed by atoms with van der Waals surface area (Å²) in [5, 5.41) is 12.0. The van der Waals surface area contributed by atoms with Gasteiger partial charge in [0.05, 0.1) is 25.0 Å². The van der Waals surface area contributed by atoms with Crippen LogP contribution in [0, 0.1) is 0 Å². The van der Waals surface area contributed by atoms with Crippen LogP contribution in [0.4, 0.5) is 18.9 Å². The monoisotopic (exact) mass is 596 g/mol. The van der Waals surface area contributed by atoms with Crippen molar-refractivity contribution in [3.63, 3.8) is 0 Å². The van der Waals surface area contributed by atoms with Crippen LogP contribution in [0.5, 0.6) is 11.5 Å². The van der Waals surface area contributed by atoms with Crippen LogP contribution in [0.3, 0.4) is 0 Å². The quantitative estimate of drug-likeness (QED) is 0.271. The lowest BCUT2D eigenvalue weighted by atomic mass is 10.0. The third-order valence-electron chi connectivity index (χ3n) is 5.77. The van der Waals surface area contributed by atoms with E-state index in [1.807, 2.05) is 13.8 Å². The molecular weight excluding hydrogens is 569 g/mol. The first kappa shape index (κ1) is 31.5. The van der Waals surface area contributed by atoms with Crippen LogP contribution in [0.1, 0.15) is 36.7 Å². The summed E-state index contributed by atoms with van der Waals surface area (Å²) in [6.07, 6.45) is -3.39. The second-order valence-corrected chi connectivity index (χ2v) is 9.58. The van der Waals surface area contributed by atoms with Gasteiger partial charge in [0.2, 0.25) is 5.91 Å². The van der Waals surface area contributed by atoms with Crippen molar-refractivity contribution in [2.75, 3.05) is 25.6 Å². The van der Waals surface area contributed by atoms with E-state index in [1.54, 1.807) is 0 Å². The van der Waals surface area contributed by atoms with Crippen LogP contribution >= 0.6 is 11.6 Å². The number of halogens is 4. The predicted molar refractivity (Wildman–Crippen MR) is 146 cm³/mol. The Morgan fingerprint density at radius 3 is 2.29 bits per heavy atom. The maximum atomic E-state index is 13.4. The topological polar surface area (TPSA) is 116 Å². The first-order valence-electron chi connectivity index (χ1n) is 12.3. The number of hydrogen-bond acceptors (Lipinski definition) is 6. The standard InChI is InChI=1S/C28H28ClF3N2O7/c1-16(2)40-11-10-22(26(36)33-19-7-4-17(5-8-19)27(37)38)34-14-24(39-3)21(13-25(34)35)20-12-18(29)6-9-23(20)41-15-28(30,31)32/h4-9,12-14,16,22H,10-11,15H2,1-3H3,(H,33,36)(H,37,38). The van der Waals surface area contributed by atoms with E-state index >= 15 is 0 Å². The molecule has 0 spiro atoms. The molecule has 2 N–H and O–H groups in total. The number of carboxylic acid groups (broad SMARTS) is 1. The van der Waals surface area contributed by atoms with Gasteiger partial charge >= 0.3 is 12.1 Å². The molecule has 1 heterocycles. The van der Waals surface area contributed by atoms with E-state index in [1.165, 1.54) is 55.8 Å². The van der Waals surface area contributed by atoms with Gasteiger partial charge in [-0.05, 0) is 56.3 Å². The van der Waals surface area contributed by atoms with E-state index in [-0.39, 0.29) is 52.3 Å². The second kappa shape index (κ2) is 13.6. The summed E-state index contributed by atoms with van der Waals surface area (Å²) >= 11 is 6.10. The van der Waals surface area contributed by atoms with E-state index in [9.17, 15) is 27.6 Å². The van der Waals surface area contributed by atoms with E-state index in [2.05, 4.69) is 5.32 Å². The normalized spacial score (nSPS) is 12.2. The van der Waals surface area contributed by atoms with E-state index < -0.39 is 36.3 Å². The molecule has 0 fully saturated rings. The number of methoxy groups -OCH3 is 1. The Morgan fingerprint density at radius 2 is 1.71 bits per heavy atom. The molecule has 0 aliphatic rings. The Balaban J connectivity index is 2.02. The van der Waals surface area contributed by atoms with Gasteiger partial charge in [-0.3, -0.25) is 14.2 Å². The molecule has 0 saturated heterocycles. The van der Waals surface area contributed by atoms with E-state index in [0.29, 0.717) is 5.69 Å². The lowest BCUT2D eigenvalue weighted by Crippen LogP contribution is -2.34. The smallest absolute Gasteiger partial charge is 0.422 e. The largest absolute Gasteiger partial charge is 0.495 e. The van der Waals surface area contributed by atoms with Crippen LogP contribution in [0.2, 0.25) is 5.02 Å². The Bertz CT molecular complexity index is 1440. The summed E-state index contributed by atoms with van der Waals surface area (Å²) < 4.78 is 55.7. The first-order valence-corrected chi connectivity index (χ1v) is 12.7. The van der Waals surface area contributed by atoms with Crippen molar-refractivity contribution in [1.29, 1.82) is 0 Å². The van der Waals surface area contributed by atoms with Gasteiger partial charge in [-0.1, -0.05) is 11.6 Å². The van der Waals surface area contributed by atoms with Crippen molar-refractivity contribution in [2.45, 2.75) is 38.6 Å². The Hall–Kier alpha value is -4.03. The van der Waals surface area contributed by atoms with Crippen molar-refractivity contribution in [1.82, 2.24) is 4.57 Å².